The lowest BCUT2D eigenvalue weighted by molar-refractivity contribution is -0.136. The van der Waals surface area contributed by atoms with Crippen molar-refractivity contribution in [1.29, 1.82) is 0 Å². The summed E-state index contributed by atoms with van der Waals surface area (Å²) in [5, 5.41) is 23.8. The van der Waals surface area contributed by atoms with Crippen LogP contribution in [-0.2, 0) is 4.79 Å². The predicted octanol–water partition coefficient (Wildman–Crippen LogP) is 2.47. The van der Waals surface area contributed by atoms with Crippen LogP contribution in [0.3, 0.4) is 0 Å². The van der Waals surface area contributed by atoms with Crippen LogP contribution in [0.1, 0.15) is 40.3 Å². The second kappa shape index (κ2) is 8.03. The minimum absolute atomic E-state index is 0.0947. The van der Waals surface area contributed by atoms with Gasteiger partial charge in [-0.15, -0.1) is 15.0 Å². The van der Waals surface area contributed by atoms with Crippen molar-refractivity contribution >= 4 is 27.7 Å². The van der Waals surface area contributed by atoms with Crippen molar-refractivity contribution < 1.29 is 14.7 Å². The van der Waals surface area contributed by atoms with E-state index in [0.29, 0.717) is 28.3 Å². The Balaban J connectivity index is 1.90. The zero-order chi connectivity index (χ0) is 20.4. The normalized spacial score (nSPS) is 12.1. The lowest BCUT2D eigenvalue weighted by atomic mass is 9.99. The number of carboxylic acid groups (broad SMARTS) is 1. The number of carbonyl (C=O) groups excluding carboxylic acids is 1. The van der Waals surface area contributed by atoms with E-state index in [4.69, 9.17) is 5.11 Å². The monoisotopic (exact) mass is 446 g/mol. The van der Waals surface area contributed by atoms with Gasteiger partial charge in [-0.2, -0.15) is 0 Å². The first-order chi connectivity index (χ1) is 13.3. The number of aromatic nitrogens is 5. The molecule has 146 valence electrons. The molecule has 3 N–H and O–H groups in total. The Labute approximate surface area is 169 Å². The summed E-state index contributed by atoms with van der Waals surface area (Å²) in [7, 11) is 0. The van der Waals surface area contributed by atoms with E-state index in [1.165, 1.54) is 4.80 Å². The Morgan fingerprint density at radius 1 is 1.36 bits per heavy atom. The number of nitrogens with one attached hydrogen (secondary N) is 2. The van der Waals surface area contributed by atoms with Crippen molar-refractivity contribution in [1.82, 2.24) is 30.5 Å². The molecule has 9 nitrogen and oxygen atoms in total. The fourth-order valence-corrected chi connectivity index (χ4v) is 3.29. The first-order valence-electron chi connectivity index (χ1n) is 8.52. The van der Waals surface area contributed by atoms with Crippen molar-refractivity contribution in [2.75, 3.05) is 6.54 Å². The second-order valence-corrected chi connectivity index (χ2v) is 7.26. The highest BCUT2D eigenvalue weighted by Crippen LogP contribution is 2.27. The Hall–Kier alpha value is -2.85. The summed E-state index contributed by atoms with van der Waals surface area (Å²) in [6, 6.07) is 7.22. The first-order valence-corrected chi connectivity index (χ1v) is 9.31. The minimum Gasteiger partial charge on any atom is -0.480 e. The molecule has 0 fully saturated rings. The third-order valence-corrected chi connectivity index (χ3v) is 4.79. The number of aliphatic carboxylic acids is 1. The van der Waals surface area contributed by atoms with E-state index in [9.17, 15) is 9.59 Å². The number of aryl methyl sites for hydroxylation is 1. The van der Waals surface area contributed by atoms with Crippen LogP contribution in [0, 0.1) is 13.8 Å². The molecule has 10 heteroatoms. The Kier molecular flexibility index (Phi) is 5.71. The number of ketones is 1. The van der Waals surface area contributed by atoms with E-state index >= 15 is 0 Å². The van der Waals surface area contributed by atoms with Crippen LogP contribution in [-0.4, -0.2) is 48.6 Å². The Bertz CT molecular complexity index is 1040. The van der Waals surface area contributed by atoms with Gasteiger partial charge in [-0.05, 0) is 43.7 Å². The number of benzene rings is 1. The highest BCUT2D eigenvalue weighted by Gasteiger charge is 2.23. The molecule has 3 rings (SSSR count). The van der Waals surface area contributed by atoms with Gasteiger partial charge in [0.1, 0.15) is 6.17 Å². The van der Waals surface area contributed by atoms with Crippen molar-refractivity contribution in [2.24, 2.45) is 0 Å². The highest BCUT2D eigenvalue weighted by molar-refractivity contribution is 9.10. The maximum Gasteiger partial charge on any atom is 0.317 e. The average molecular weight is 447 g/mol. The lowest BCUT2D eigenvalue weighted by Crippen LogP contribution is -2.30. The molecule has 0 aliphatic carbocycles. The number of H-pyrrole nitrogens is 1. The van der Waals surface area contributed by atoms with Gasteiger partial charge in [0.25, 0.3) is 0 Å². The molecule has 0 radical (unpaired) electrons. The Morgan fingerprint density at radius 3 is 2.79 bits per heavy atom. The third-order valence-electron chi connectivity index (χ3n) is 4.30. The number of aromatic amines is 1. The van der Waals surface area contributed by atoms with E-state index in [1.54, 1.807) is 19.1 Å². The number of halogens is 1. The smallest absolute Gasteiger partial charge is 0.317 e. The molecule has 1 atom stereocenters. The van der Waals surface area contributed by atoms with E-state index in [1.807, 2.05) is 26.0 Å². The van der Waals surface area contributed by atoms with Gasteiger partial charge < -0.3 is 10.1 Å². The molecule has 2 aromatic heterocycles. The molecule has 0 aliphatic rings. The molecule has 0 saturated carbocycles. The molecule has 2 heterocycles. The molecule has 1 unspecified atom stereocenters. The molecular formula is C18H19BrN6O3. The molecule has 0 saturated heterocycles. The van der Waals surface area contributed by atoms with E-state index < -0.39 is 12.1 Å². The summed E-state index contributed by atoms with van der Waals surface area (Å²) in [4.78, 5) is 28.1. The molecule has 0 aliphatic heterocycles. The summed E-state index contributed by atoms with van der Waals surface area (Å²) < 4.78 is 0.830. The van der Waals surface area contributed by atoms with Crippen molar-refractivity contribution in [3.63, 3.8) is 0 Å². The molecule has 28 heavy (non-hydrogen) atoms. The summed E-state index contributed by atoms with van der Waals surface area (Å²) >= 11 is 3.39. The predicted molar refractivity (Wildman–Crippen MR) is 105 cm³/mol. The van der Waals surface area contributed by atoms with Crippen LogP contribution in [0.25, 0.3) is 11.5 Å². The van der Waals surface area contributed by atoms with Gasteiger partial charge in [0.2, 0.25) is 5.82 Å². The number of hydrogen-bond donors (Lipinski definition) is 3. The van der Waals surface area contributed by atoms with Gasteiger partial charge in [0.05, 0.1) is 12.2 Å². The van der Waals surface area contributed by atoms with Gasteiger partial charge in [-0.25, -0.2) is 0 Å². The van der Waals surface area contributed by atoms with E-state index in [-0.39, 0.29) is 12.3 Å². The van der Waals surface area contributed by atoms with Gasteiger partial charge in [0.15, 0.2) is 5.78 Å². The van der Waals surface area contributed by atoms with Crippen LogP contribution in [0.15, 0.2) is 28.7 Å². The number of tetrazole rings is 1. The van der Waals surface area contributed by atoms with Gasteiger partial charge >= 0.3 is 5.97 Å². The molecule has 0 amide bonds. The van der Waals surface area contributed by atoms with E-state index in [0.717, 1.165) is 10.0 Å². The van der Waals surface area contributed by atoms with Crippen LogP contribution >= 0.6 is 15.9 Å². The lowest BCUT2D eigenvalue weighted by Gasteiger charge is -2.09. The SMILES string of the molecule is Cc1[nH]c(-c2nnn(C(C)NCC(=O)O)n2)c(C)c1C(=O)c1cccc(Br)c1. The maximum absolute atomic E-state index is 13.0. The van der Waals surface area contributed by atoms with Gasteiger partial charge in [0, 0.05) is 21.3 Å². The van der Waals surface area contributed by atoms with Crippen LogP contribution in [0.4, 0.5) is 0 Å². The highest BCUT2D eigenvalue weighted by atomic mass is 79.9. The van der Waals surface area contributed by atoms with Crippen LogP contribution < -0.4 is 5.32 Å². The fraction of sp³-hybridized carbons (Fsp3) is 0.278. The Morgan fingerprint density at radius 2 is 2.11 bits per heavy atom. The number of carbonyl (C=O) groups is 2. The average Bonchev–Trinajstić information content (AvgIpc) is 3.24. The van der Waals surface area contributed by atoms with Gasteiger partial charge in [-0.1, -0.05) is 28.1 Å². The van der Waals surface area contributed by atoms with E-state index in [2.05, 4.69) is 41.6 Å². The zero-order valence-electron chi connectivity index (χ0n) is 15.5. The third kappa shape index (κ3) is 4.02. The second-order valence-electron chi connectivity index (χ2n) is 6.35. The standard InChI is InChI=1S/C18H19BrN6O3/c1-9-15(17(28)12-5-4-6-13(19)7-12)10(2)21-16(9)18-22-24-25(23-18)11(3)20-8-14(26)27/h4-7,11,20-21H,8H2,1-3H3,(H,26,27). The number of carboxylic acids is 1. The topological polar surface area (TPSA) is 126 Å². The van der Waals surface area contributed by atoms with Crippen molar-refractivity contribution in [3.8, 4) is 11.5 Å². The number of rotatable bonds is 7. The summed E-state index contributed by atoms with van der Waals surface area (Å²) in [6.45, 7) is 5.16. The van der Waals surface area contributed by atoms with Crippen LogP contribution in [0.2, 0.25) is 0 Å². The largest absolute Gasteiger partial charge is 0.480 e. The number of nitrogens with zero attached hydrogens (tertiary/aromatic N) is 4. The van der Waals surface area contributed by atoms with Gasteiger partial charge in [-0.3, -0.25) is 14.9 Å². The quantitative estimate of drug-likeness (QED) is 0.475. The summed E-state index contributed by atoms with van der Waals surface area (Å²) in [6.07, 6.45) is -0.448. The molecule has 1 aromatic carbocycles. The summed E-state index contributed by atoms with van der Waals surface area (Å²) in [5.74, 6) is -0.737. The van der Waals surface area contributed by atoms with Crippen molar-refractivity contribution in [2.45, 2.75) is 26.9 Å². The molecule has 3 aromatic rings. The van der Waals surface area contributed by atoms with Crippen molar-refractivity contribution in [3.05, 3.63) is 51.1 Å². The number of hydrogen-bond acceptors (Lipinski definition) is 6. The molecular weight excluding hydrogens is 428 g/mol. The van der Waals surface area contributed by atoms with Crippen LogP contribution in [0.5, 0.6) is 0 Å². The maximum atomic E-state index is 13.0. The fourth-order valence-electron chi connectivity index (χ4n) is 2.89. The molecule has 0 bridgehead atoms. The molecule has 0 spiro atoms. The first kappa shape index (κ1) is 19.9. The zero-order valence-corrected chi connectivity index (χ0v) is 17.1. The minimum atomic E-state index is -0.973. The summed E-state index contributed by atoms with van der Waals surface area (Å²) in [5.41, 5.74) is 3.20.